The van der Waals surface area contributed by atoms with Gasteiger partial charge in [0.1, 0.15) is 5.82 Å². The van der Waals surface area contributed by atoms with E-state index in [2.05, 4.69) is 16.0 Å². The highest BCUT2D eigenvalue weighted by atomic mass is 19.1. The summed E-state index contributed by atoms with van der Waals surface area (Å²) >= 11 is 0. The van der Waals surface area contributed by atoms with Gasteiger partial charge >= 0.3 is 0 Å². The molecule has 28 heavy (non-hydrogen) atoms. The quantitative estimate of drug-likeness (QED) is 0.611. The van der Waals surface area contributed by atoms with Crippen LogP contribution in [0, 0.1) is 11.7 Å². The summed E-state index contributed by atoms with van der Waals surface area (Å²) < 4.78 is 12.9. The zero-order valence-electron chi connectivity index (χ0n) is 15.9. The van der Waals surface area contributed by atoms with E-state index in [1.807, 2.05) is 13.8 Å². The van der Waals surface area contributed by atoms with Crippen LogP contribution in [0.2, 0.25) is 0 Å². The highest BCUT2D eigenvalue weighted by molar-refractivity contribution is 6.04. The average Bonchev–Trinajstić information content (AvgIpc) is 2.65. The van der Waals surface area contributed by atoms with Gasteiger partial charge in [-0.15, -0.1) is 0 Å². The van der Waals surface area contributed by atoms with Gasteiger partial charge in [0.2, 0.25) is 5.91 Å². The van der Waals surface area contributed by atoms with Gasteiger partial charge in [-0.2, -0.15) is 0 Å². The van der Waals surface area contributed by atoms with Gasteiger partial charge < -0.3 is 16.0 Å². The smallest absolute Gasteiger partial charge is 0.255 e. The molecule has 2 rings (SSSR count). The van der Waals surface area contributed by atoms with Crippen molar-refractivity contribution in [3.05, 3.63) is 65.5 Å². The van der Waals surface area contributed by atoms with E-state index in [1.54, 1.807) is 24.3 Å². The van der Waals surface area contributed by atoms with Gasteiger partial charge in [-0.1, -0.05) is 13.8 Å². The highest BCUT2D eigenvalue weighted by Crippen LogP contribution is 2.12. The summed E-state index contributed by atoms with van der Waals surface area (Å²) in [4.78, 5) is 35.7. The molecule has 0 atom stereocenters. The normalized spacial score (nSPS) is 10.4. The summed E-state index contributed by atoms with van der Waals surface area (Å²) in [6.07, 6.45) is 0.457. The molecule has 0 spiro atoms. The predicted octanol–water partition coefficient (Wildman–Crippen LogP) is 2.97. The fourth-order valence-corrected chi connectivity index (χ4v) is 2.43. The SMILES string of the molecule is CC(C)CC(=O)NCCNC(=O)c1ccc(NC(=O)c2ccc(F)cc2)cc1. The van der Waals surface area contributed by atoms with E-state index >= 15 is 0 Å². The van der Waals surface area contributed by atoms with Crippen molar-refractivity contribution in [2.24, 2.45) is 5.92 Å². The molecule has 3 amide bonds. The summed E-state index contributed by atoms with van der Waals surface area (Å²) in [7, 11) is 0. The molecule has 0 heterocycles. The standard InChI is InChI=1S/C21H24FN3O3/c1-14(2)13-19(26)23-11-12-24-20(27)15-5-9-18(10-6-15)25-21(28)16-3-7-17(22)8-4-16/h3-10,14H,11-13H2,1-2H3,(H,23,26)(H,24,27)(H,25,28). The number of amides is 3. The van der Waals surface area contributed by atoms with Crippen molar-refractivity contribution >= 4 is 23.4 Å². The van der Waals surface area contributed by atoms with Crippen LogP contribution in [0.25, 0.3) is 0 Å². The van der Waals surface area contributed by atoms with E-state index in [4.69, 9.17) is 0 Å². The van der Waals surface area contributed by atoms with Crippen LogP contribution in [0.15, 0.2) is 48.5 Å². The molecule has 2 aromatic rings. The van der Waals surface area contributed by atoms with Crippen LogP contribution in [-0.4, -0.2) is 30.8 Å². The minimum absolute atomic E-state index is 0.0366. The summed E-state index contributed by atoms with van der Waals surface area (Å²) in [5.41, 5.74) is 1.29. The minimum Gasteiger partial charge on any atom is -0.354 e. The van der Waals surface area contributed by atoms with Gasteiger partial charge in [-0.05, 0) is 54.4 Å². The number of carbonyl (C=O) groups excluding carboxylic acids is 3. The maximum Gasteiger partial charge on any atom is 0.255 e. The van der Waals surface area contributed by atoms with E-state index in [0.717, 1.165) is 0 Å². The van der Waals surface area contributed by atoms with Crippen LogP contribution in [-0.2, 0) is 4.79 Å². The third-order valence-corrected chi connectivity index (χ3v) is 3.84. The molecule has 6 nitrogen and oxygen atoms in total. The molecule has 0 saturated carbocycles. The summed E-state index contributed by atoms with van der Waals surface area (Å²) in [5.74, 6) is -0.794. The Hall–Kier alpha value is -3.22. The van der Waals surface area contributed by atoms with Gasteiger partial charge in [0.25, 0.3) is 11.8 Å². The number of nitrogens with one attached hydrogen (secondary N) is 3. The molecule has 0 radical (unpaired) electrons. The third-order valence-electron chi connectivity index (χ3n) is 3.84. The summed E-state index contributed by atoms with van der Waals surface area (Å²) in [6.45, 7) is 4.62. The van der Waals surface area contributed by atoms with Crippen LogP contribution < -0.4 is 16.0 Å². The third kappa shape index (κ3) is 6.83. The van der Waals surface area contributed by atoms with E-state index < -0.39 is 5.82 Å². The first-order valence-electron chi connectivity index (χ1n) is 9.07. The number of rotatable bonds is 8. The molecule has 148 valence electrons. The Bertz CT molecular complexity index is 818. The van der Waals surface area contributed by atoms with Gasteiger partial charge in [-0.3, -0.25) is 14.4 Å². The van der Waals surface area contributed by atoms with E-state index in [1.165, 1.54) is 24.3 Å². The zero-order chi connectivity index (χ0) is 20.5. The van der Waals surface area contributed by atoms with Crippen LogP contribution in [0.4, 0.5) is 10.1 Å². The second-order valence-corrected chi connectivity index (χ2v) is 6.74. The van der Waals surface area contributed by atoms with Crippen molar-refractivity contribution in [1.29, 1.82) is 0 Å². The van der Waals surface area contributed by atoms with Gasteiger partial charge in [0.15, 0.2) is 0 Å². The van der Waals surface area contributed by atoms with Gasteiger partial charge in [0.05, 0.1) is 0 Å². The second-order valence-electron chi connectivity index (χ2n) is 6.74. The number of carbonyl (C=O) groups is 3. The van der Waals surface area contributed by atoms with Crippen molar-refractivity contribution in [2.75, 3.05) is 18.4 Å². The molecule has 0 aromatic heterocycles. The number of halogens is 1. The van der Waals surface area contributed by atoms with Gasteiger partial charge in [-0.25, -0.2) is 4.39 Å². The lowest BCUT2D eigenvalue weighted by molar-refractivity contribution is -0.121. The van der Waals surface area contributed by atoms with Crippen LogP contribution in [0.5, 0.6) is 0 Å². The second kappa shape index (κ2) is 10.2. The largest absolute Gasteiger partial charge is 0.354 e. The van der Waals surface area contributed by atoms with Crippen molar-refractivity contribution < 1.29 is 18.8 Å². The molecule has 0 aliphatic heterocycles. The van der Waals surface area contributed by atoms with Gasteiger partial charge in [0, 0.05) is 36.3 Å². The number of hydrogen-bond acceptors (Lipinski definition) is 3. The Kier molecular flexibility index (Phi) is 7.68. The molecule has 0 saturated heterocycles. The van der Waals surface area contributed by atoms with E-state index in [-0.39, 0.29) is 23.6 Å². The molecule has 7 heteroatoms. The minimum atomic E-state index is -0.411. The summed E-state index contributed by atoms with van der Waals surface area (Å²) in [5, 5.41) is 8.15. The summed E-state index contributed by atoms with van der Waals surface area (Å²) in [6, 6.07) is 11.6. The Morgan fingerprint density at radius 2 is 1.36 bits per heavy atom. The first-order valence-corrected chi connectivity index (χ1v) is 9.07. The first-order chi connectivity index (χ1) is 13.3. The topological polar surface area (TPSA) is 87.3 Å². The number of hydrogen-bond donors (Lipinski definition) is 3. The lowest BCUT2D eigenvalue weighted by atomic mass is 10.1. The Labute approximate surface area is 163 Å². The number of anilines is 1. The maximum atomic E-state index is 12.9. The monoisotopic (exact) mass is 385 g/mol. The van der Waals surface area contributed by atoms with Crippen molar-refractivity contribution in [1.82, 2.24) is 10.6 Å². The van der Waals surface area contributed by atoms with Crippen LogP contribution >= 0.6 is 0 Å². The number of benzene rings is 2. The Balaban J connectivity index is 1.79. The van der Waals surface area contributed by atoms with Crippen molar-refractivity contribution in [2.45, 2.75) is 20.3 Å². The van der Waals surface area contributed by atoms with E-state index in [0.29, 0.717) is 36.3 Å². The molecule has 0 bridgehead atoms. The molecule has 0 aliphatic carbocycles. The lowest BCUT2D eigenvalue weighted by Gasteiger charge is -2.09. The molecular weight excluding hydrogens is 361 g/mol. The first kappa shape index (κ1) is 21.1. The predicted molar refractivity (Wildman–Crippen MR) is 106 cm³/mol. The zero-order valence-corrected chi connectivity index (χ0v) is 15.9. The molecular formula is C21H24FN3O3. The van der Waals surface area contributed by atoms with Crippen molar-refractivity contribution in [3.63, 3.8) is 0 Å². The highest BCUT2D eigenvalue weighted by Gasteiger charge is 2.09. The molecule has 0 fully saturated rings. The Morgan fingerprint density at radius 3 is 1.96 bits per heavy atom. The maximum absolute atomic E-state index is 12.9. The Morgan fingerprint density at radius 1 is 0.821 bits per heavy atom. The molecule has 0 unspecified atom stereocenters. The van der Waals surface area contributed by atoms with Crippen molar-refractivity contribution in [3.8, 4) is 0 Å². The fraction of sp³-hybridized carbons (Fsp3) is 0.286. The van der Waals surface area contributed by atoms with Crippen LogP contribution in [0.1, 0.15) is 41.0 Å². The lowest BCUT2D eigenvalue weighted by Crippen LogP contribution is -2.35. The van der Waals surface area contributed by atoms with E-state index in [9.17, 15) is 18.8 Å². The fourth-order valence-electron chi connectivity index (χ4n) is 2.43. The molecule has 2 aromatic carbocycles. The molecule has 0 aliphatic rings. The average molecular weight is 385 g/mol. The van der Waals surface area contributed by atoms with Crippen LogP contribution in [0.3, 0.4) is 0 Å². The molecule has 3 N–H and O–H groups in total.